The Kier molecular flexibility index (Phi) is 5.41. The molecule has 0 aliphatic carbocycles. The number of rotatable bonds is 5. The van der Waals surface area contributed by atoms with Gasteiger partial charge in [-0.3, -0.25) is 4.79 Å². The summed E-state index contributed by atoms with van der Waals surface area (Å²) in [4.78, 5) is 12.4. The predicted octanol–water partition coefficient (Wildman–Crippen LogP) is 4.11. The molecular formula is C22H23N3O2. The first-order valence-electron chi connectivity index (χ1n) is 8.83. The largest absolute Gasteiger partial charge is 0.507 e. The third-order valence-corrected chi connectivity index (χ3v) is 4.55. The van der Waals surface area contributed by atoms with Gasteiger partial charge in [-0.1, -0.05) is 48.5 Å². The van der Waals surface area contributed by atoms with Crippen molar-refractivity contribution in [2.75, 3.05) is 5.32 Å². The van der Waals surface area contributed by atoms with E-state index in [0.29, 0.717) is 5.56 Å². The molecular weight excluding hydrogens is 338 g/mol. The van der Waals surface area contributed by atoms with Gasteiger partial charge in [0.1, 0.15) is 11.8 Å². The van der Waals surface area contributed by atoms with E-state index in [9.17, 15) is 9.90 Å². The van der Waals surface area contributed by atoms with Gasteiger partial charge >= 0.3 is 0 Å². The molecule has 27 heavy (non-hydrogen) atoms. The molecule has 0 aromatic heterocycles. The first-order valence-corrected chi connectivity index (χ1v) is 8.83. The number of nitrogens with one attached hydrogen (secondary N) is 2. The first-order chi connectivity index (χ1) is 13.0. The predicted molar refractivity (Wildman–Crippen MR) is 110 cm³/mol. The van der Waals surface area contributed by atoms with Gasteiger partial charge in [-0.05, 0) is 48.7 Å². The summed E-state index contributed by atoms with van der Waals surface area (Å²) in [6.45, 7) is 5.79. The number of anilines is 1. The highest BCUT2D eigenvalue weighted by Gasteiger charge is 2.14. The van der Waals surface area contributed by atoms with Crippen molar-refractivity contribution in [3.8, 4) is 5.75 Å². The van der Waals surface area contributed by atoms with Crippen LogP contribution >= 0.6 is 0 Å². The number of benzene rings is 3. The highest BCUT2D eigenvalue weighted by molar-refractivity contribution is 6.02. The van der Waals surface area contributed by atoms with Gasteiger partial charge in [0.25, 0.3) is 5.91 Å². The molecule has 0 aliphatic heterocycles. The molecule has 3 N–H and O–H groups in total. The van der Waals surface area contributed by atoms with Crippen LogP contribution in [0.15, 0.2) is 59.7 Å². The second-order valence-electron chi connectivity index (χ2n) is 6.59. The Balaban J connectivity index is 1.71. The lowest BCUT2D eigenvalue weighted by Crippen LogP contribution is -2.35. The summed E-state index contributed by atoms with van der Waals surface area (Å²) in [6.07, 6.45) is 1.47. The Morgan fingerprint density at radius 1 is 1.04 bits per heavy atom. The molecule has 1 atom stereocenters. The first kappa shape index (κ1) is 18.5. The van der Waals surface area contributed by atoms with Crippen LogP contribution in [0.1, 0.15) is 23.6 Å². The van der Waals surface area contributed by atoms with Crippen molar-refractivity contribution in [2.45, 2.75) is 26.8 Å². The molecule has 3 aromatic rings. The SMILES string of the molecule is Cc1cccc(C)c1N[C@H](C)C(=O)N/N=C\c1c(O)ccc2ccccc12. The number of phenols is 1. The maximum absolute atomic E-state index is 12.4. The summed E-state index contributed by atoms with van der Waals surface area (Å²) in [5.41, 5.74) is 6.23. The van der Waals surface area contributed by atoms with Gasteiger partial charge in [-0.25, -0.2) is 5.43 Å². The summed E-state index contributed by atoms with van der Waals surface area (Å²) in [6, 6.07) is 16.7. The van der Waals surface area contributed by atoms with E-state index in [1.165, 1.54) is 6.21 Å². The average Bonchev–Trinajstić information content (AvgIpc) is 2.66. The zero-order chi connectivity index (χ0) is 19.4. The molecule has 138 valence electrons. The van der Waals surface area contributed by atoms with Gasteiger partial charge in [-0.2, -0.15) is 5.10 Å². The van der Waals surface area contributed by atoms with Gasteiger partial charge in [0.15, 0.2) is 0 Å². The van der Waals surface area contributed by atoms with Crippen molar-refractivity contribution in [2.24, 2.45) is 5.10 Å². The van der Waals surface area contributed by atoms with Crippen LogP contribution in [-0.2, 0) is 4.79 Å². The fourth-order valence-corrected chi connectivity index (χ4v) is 3.00. The molecule has 0 spiro atoms. The Labute approximate surface area is 158 Å². The Morgan fingerprint density at radius 3 is 2.48 bits per heavy atom. The number of carbonyl (C=O) groups excluding carboxylic acids is 1. The van der Waals surface area contributed by atoms with Crippen molar-refractivity contribution in [3.05, 3.63) is 71.3 Å². The van der Waals surface area contributed by atoms with Crippen LogP contribution in [0, 0.1) is 13.8 Å². The van der Waals surface area contributed by atoms with E-state index in [4.69, 9.17) is 0 Å². The Hall–Kier alpha value is -3.34. The van der Waals surface area contributed by atoms with E-state index in [1.807, 2.05) is 62.4 Å². The van der Waals surface area contributed by atoms with E-state index >= 15 is 0 Å². The van der Waals surface area contributed by atoms with Gasteiger partial charge in [0, 0.05) is 11.3 Å². The molecule has 1 amide bonds. The number of nitrogens with zero attached hydrogens (tertiary/aromatic N) is 1. The van der Waals surface area contributed by atoms with Gasteiger partial charge in [0.2, 0.25) is 0 Å². The smallest absolute Gasteiger partial charge is 0.262 e. The molecule has 0 bridgehead atoms. The summed E-state index contributed by atoms with van der Waals surface area (Å²) in [7, 11) is 0. The van der Waals surface area contributed by atoms with Gasteiger partial charge in [-0.15, -0.1) is 0 Å². The third kappa shape index (κ3) is 4.08. The zero-order valence-electron chi connectivity index (χ0n) is 15.7. The minimum absolute atomic E-state index is 0.119. The van der Waals surface area contributed by atoms with Crippen LogP contribution < -0.4 is 10.7 Å². The summed E-state index contributed by atoms with van der Waals surface area (Å²) >= 11 is 0. The standard InChI is InChI=1S/C22H23N3O2/c1-14-7-6-8-15(2)21(14)24-16(3)22(27)25-23-13-19-18-10-5-4-9-17(18)11-12-20(19)26/h4-13,16,24,26H,1-3H3,(H,25,27)/b23-13-/t16-/m1/s1. The number of amides is 1. The number of hydrogen-bond acceptors (Lipinski definition) is 4. The van der Waals surface area contributed by atoms with Crippen LogP contribution in [0.5, 0.6) is 5.75 Å². The van der Waals surface area contributed by atoms with Crippen LogP contribution in [0.25, 0.3) is 10.8 Å². The van der Waals surface area contributed by atoms with Gasteiger partial charge < -0.3 is 10.4 Å². The molecule has 0 radical (unpaired) electrons. The van der Waals surface area contributed by atoms with E-state index in [1.54, 1.807) is 13.0 Å². The lowest BCUT2D eigenvalue weighted by atomic mass is 10.0. The highest BCUT2D eigenvalue weighted by atomic mass is 16.3. The minimum Gasteiger partial charge on any atom is -0.507 e. The molecule has 3 rings (SSSR count). The summed E-state index contributed by atoms with van der Waals surface area (Å²) < 4.78 is 0. The van der Waals surface area contributed by atoms with Crippen molar-refractivity contribution in [3.63, 3.8) is 0 Å². The number of carbonyl (C=O) groups is 1. The van der Waals surface area contributed by atoms with Crippen LogP contribution in [0.2, 0.25) is 0 Å². The second kappa shape index (κ2) is 7.91. The average molecular weight is 361 g/mol. The monoisotopic (exact) mass is 361 g/mol. The zero-order valence-corrected chi connectivity index (χ0v) is 15.7. The fourth-order valence-electron chi connectivity index (χ4n) is 3.00. The maximum atomic E-state index is 12.4. The molecule has 0 heterocycles. The van der Waals surface area contributed by atoms with E-state index in [-0.39, 0.29) is 11.7 Å². The molecule has 0 unspecified atom stereocenters. The second-order valence-corrected chi connectivity index (χ2v) is 6.59. The quantitative estimate of drug-likeness (QED) is 0.473. The molecule has 0 fully saturated rings. The number of phenolic OH excluding ortho intramolecular Hbond substituents is 1. The van der Waals surface area contributed by atoms with Crippen molar-refractivity contribution >= 4 is 28.6 Å². The van der Waals surface area contributed by atoms with Crippen LogP contribution in [0.4, 0.5) is 5.69 Å². The normalized spacial score (nSPS) is 12.3. The lowest BCUT2D eigenvalue weighted by molar-refractivity contribution is -0.121. The minimum atomic E-state index is -0.455. The Bertz CT molecular complexity index is 991. The van der Waals surface area contributed by atoms with Crippen molar-refractivity contribution in [1.82, 2.24) is 5.43 Å². The van der Waals surface area contributed by atoms with Gasteiger partial charge in [0.05, 0.1) is 6.21 Å². The summed E-state index contributed by atoms with van der Waals surface area (Å²) in [5.74, 6) is -0.137. The number of para-hydroxylation sites is 1. The van der Waals surface area contributed by atoms with E-state index < -0.39 is 6.04 Å². The number of fused-ring (bicyclic) bond motifs is 1. The Morgan fingerprint density at radius 2 is 1.74 bits per heavy atom. The third-order valence-electron chi connectivity index (χ3n) is 4.55. The molecule has 0 saturated heterocycles. The maximum Gasteiger partial charge on any atom is 0.262 e. The molecule has 0 aliphatic rings. The van der Waals surface area contributed by atoms with Crippen molar-refractivity contribution < 1.29 is 9.90 Å². The highest BCUT2D eigenvalue weighted by Crippen LogP contribution is 2.25. The number of hydrazone groups is 1. The lowest BCUT2D eigenvalue weighted by Gasteiger charge is -2.17. The molecule has 5 nitrogen and oxygen atoms in total. The number of aryl methyl sites for hydroxylation is 2. The number of hydrogen-bond donors (Lipinski definition) is 3. The van der Waals surface area contributed by atoms with Crippen LogP contribution in [0.3, 0.4) is 0 Å². The molecule has 0 saturated carbocycles. The van der Waals surface area contributed by atoms with Crippen LogP contribution in [-0.4, -0.2) is 23.3 Å². The molecule has 5 heteroatoms. The molecule has 3 aromatic carbocycles. The number of aromatic hydroxyl groups is 1. The van der Waals surface area contributed by atoms with Crippen molar-refractivity contribution in [1.29, 1.82) is 0 Å². The van der Waals surface area contributed by atoms with E-state index in [0.717, 1.165) is 27.6 Å². The van der Waals surface area contributed by atoms with E-state index in [2.05, 4.69) is 15.8 Å². The topological polar surface area (TPSA) is 73.7 Å². The summed E-state index contributed by atoms with van der Waals surface area (Å²) in [5, 5.41) is 19.3. The fraction of sp³-hybridized carbons (Fsp3) is 0.182.